The summed E-state index contributed by atoms with van der Waals surface area (Å²) >= 11 is 1.51. The molecule has 1 aromatic heterocycles. The standard InChI is InChI=1S/C13H14FN3S/c1-9(18-13-16-7-2-8-17-13)12(15)10-3-5-11(14)6-4-10/h2-9,12H,15H2,1H3. The first kappa shape index (κ1) is 13.0. The minimum absolute atomic E-state index is 0.109. The zero-order valence-electron chi connectivity index (χ0n) is 9.95. The molecule has 94 valence electrons. The summed E-state index contributed by atoms with van der Waals surface area (Å²) in [4.78, 5) is 8.29. The fourth-order valence-electron chi connectivity index (χ4n) is 1.54. The Morgan fingerprint density at radius 1 is 1.17 bits per heavy atom. The molecule has 2 N–H and O–H groups in total. The Labute approximate surface area is 110 Å². The van der Waals surface area contributed by atoms with Gasteiger partial charge in [0.25, 0.3) is 0 Å². The van der Waals surface area contributed by atoms with E-state index in [-0.39, 0.29) is 17.1 Å². The maximum Gasteiger partial charge on any atom is 0.187 e. The molecule has 2 unspecified atom stereocenters. The van der Waals surface area contributed by atoms with E-state index in [4.69, 9.17) is 5.73 Å². The summed E-state index contributed by atoms with van der Waals surface area (Å²) in [6, 6.07) is 7.86. The highest BCUT2D eigenvalue weighted by atomic mass is 32.2. The average Bonchev–Trinajstić information content (AvgIpc) is 2.40. The number of nitrogens with zero attached hydrogens (tertiary/aromatic N) is 2. The molecule has 0 saturated carbocycles. The lowest BCUT2D eigenvalue weighted by molar-refractivity contribution is 0.624. The van der Waals surface area contributed by atoms with Crippen molar-refractivity contribution in [3.05, 3.63) is 54.1 Å². The van der Waals surface area contributed by atoms with Crippen molar-refractivity contribution in [1.82, 2.24) is 9.97 Å². The SMILES string of the molecule is CC(Sc1ncccn1)C(N)c1ccc(F)cc1. The summed E-state index contributed by atoms with van der Waals surface area (Å²) in [6.45, 7) is 2.01. The average molecular weight is 263 g/mol. The minimum atomic E-state index is -0.252. The van der Waals surface area contributed by atoms with E-state index in [1.54, 1.807) is 30.6 Å². The molecule has 0 aliphatic rings. The highest BCUT2D eigenvalue weighted by Gasteiger charge is 2.17. The first-order chi connectivity index (χ1) is 8.66. The van der Waals surface area contributed by atoms with Gasteiger partial charge in [-0.25, -0.2) is 14.4 Å². The Kier molecular flexibility index (Phi) is 4.28. The van der Waals surface area contributed by atoms with Crippen molar-refractivity contribution in [1.29, 1.82) is 0 Å². The molecule has 0 spiro atoms. The summed E-state index contributed by atoms with van der Waals surface area (Å²) in [7, 11) is 0. The molecule has 0 amide bonds. The third kappa shape index (κ3) is 3.27. The van der Waals surface area contributed by atoms with Gasteiger partial charge in [-0.3, -0.25) is 0 Å². The first-order valence-corrected chi connectivity index (χ1v) is 6.49. The summed E-state index contributed by atoms with van der Waals surface area (Å²) in [5, 5.41) is 0.806. The van der Waals surface area contributed by atoms with Crippen molar-refractivity contribution in [3.8, 4) is 0 Å². The van der Waals surface area contributed by atoms with Gasteiger partial charge in [-0.1, -0.05) is 30.8 Å². The molecule has 18 heavy (non-hydrogen) atoms. The van der Waals surface area contributed by atoms with Crippen molar-refractivity contribution >= 4 is 11.8 Å². The first-order valence-electron chi connectivity index (χ1n) is 5.61. The smallest absolute Gasteiger partial charge is 0.187 e. The van der Waals surface area contributed by atoms with Gasteiger partial charge in [-0.2, -0.15) is 0 Å². The quantitative estimate of drug-likeness (QED) is 0.680. The van der Waals surface area contributed by atoms with Crippen LogP contribution in [-0.2, 0) is 0 Å². The van der Waals surface area contributed by atoms with Crippen LogP contribution in [0.2, 0.25) is 0 Å². The second-order valence-corrected chi connectivity index (χ2v) is 5.28. The molecular weight excluding hydrogens is 249 g/mol. The van der Waals surface area contributed by atoms with Crippen LogP contribution >= 0.6 is 11.8 Å². The predicted octanol–water partition coefficient (Wildman–Crippen LogP) is 2.80. The molecule has 2 aromatic rings. The summed E-state index contributed by atoms with van der Waals surface area (Å²) in [6.07, 6.45) is 3.40. The van der Waals surface area contributed by atoms with E-state index in [1.807, 2.05) is 6.92 Å². The van der Waals surface area contributed by atoms with Crippen LogP contribution in [0.15, 0.2) is 47.9 Å². The maximum absolute atomic E-state index is 12.8. The van der Waals surface area contributed by atoms with Crippen molar-refractivity contribution in [2.24, 2.45) is 5.73 Å². The highest BCUT2D eigenvalue weighted by Crippen LogP contribution is 2.28. The van der Waals surface area contributed by atoms with Crippen molar-refractivity contribution < 1.29 is 4.39 Å². The molecule has 2 atom stereocenters. The normalized spacial score (nSPS) is 14.2. The number of halogens is 1. The van der Waals surface area contributed by atoms with E-state index < -0.39 is 0 Å². The van der Waals surface area contributed by atoms with Gasteiger partial charge in [0.15, 0.2) is 5.16 Å². The van der Waals surface area contributed by atoms with Crippen LogP contribution < -0.4 is 5.73 Å². The minimum Gasteiger partial charge on any atom is -0.323 e. The Hall–Kier alpha value is -1.46. The van der Waals surface area contributed by atoms with Crippen molar-refractivity contribution in [2.75, 3.05) is 0 Å². The van der Waals surface area contributed by atoms with E-state index in [0.717, 1.165) is 5.56 Å². The number of rotatable bonds is 4. The van der Waals surface area contributed by atoms with Crippen LogP contribution in [0.5, 0.6) is 0 Å². The van der Waals surface area contributed by atoms with Gasteiger partial charge < -0.3 is 5.73 Å². The van der Waals surface area contributed by atoms with E-state index >= 15 is 0 Å². The number of aromatic nitrogens is 2. The third-order valence-electron chi connectivity index (χ3n) is 2.59. The Balaban J connectivity index is 2.05. The van der Waals surface area contributed by atoms with E-state index in [0.29, 0.717) is 5.16 Å². The molecule has 3 nitrogen and oxygen atoms in total. The van der Waals surface area contributed by atoms with E-state index in [2.05, 4.69) is 9.97 Å². The summed E-state index contributed by atoms with van der Waals surface area (Å²) in [5.41, 5.74) is 7.05. The Morgan fingerprint density at radius 3 is 2.39 bits per heavy atom. The Morgan fingerprint density at radius 2 is 1.78 bits per heavy atom. The summed E-state index contributed by atoms with van der Waals surface area (Å²) < 4.78 is 12.8. The lowest BCUT2D eigenvalue weighted by Gasteiger charge is -2.18. The Bertz CT molecular complexity index is 489. The molecule has 0 aliphatic carbocycles. The second-order valence-electron chi connectivity index (χ2n) is 3.93. The number of hydrogen-bond donors (Lipinski definition) is 1. The zero-order chi connectivity index (χ0) is 13.0. The second kappa shape index (κ2) is 5.93. The molecule has 5 heteroatoms. The largest absolute Gasteiger partial charge is 0.323 e. The van der Waals surface area contributed by atoms with E-state index in [1.165, 1.54) is 23.9 Å². The van der Waals surface area contributed by atoms with E-state index in [9.17, 15) is 4.39 Å². The van der Waals surface area contributed by atoms with Crippen molar-refractivity contribution in [2.45, 2.75) is 23.4 Å². The molecule has 0 saturated heterocycles. The predicted molar refractivity (Wildman–Crippen MR) is 70.7 cm³/mol. The van der Waals surface area contributed by atoms with Crippen molar-refractivity contribution in [3.63, 3.8) is 0 Å². The van der Waals surface area contributed by atoms with Gasteiger partial charge in [0.05, 0.1) is 0 Å². The van der Waals surface area contributed by atoms with Crippen LogP contribution in [0.4, 0.5) is 4.39 Å². The molecule has 1 heterocycles. The van der Waals surface area contributed by atoms with Crippen LogP contribution in [0.25, 0.3) is 0 Å². The van der Waals surface area contributed by atoms with Gasteiger partial charge in [-0.05, 0) is 23.8 Å². The number of nitrogens with two attached hydrogens (primary N) is 1. The number of benzene rings is 1. The molecule has 2 rings (SSSR count). The van der Waals surface area contributed by atoms with Gasteiger partial charge in [0, 0.05) is 23.7 Å². The molecule has 0 fully saturated rings. The number of hydrogen-bond acceptors (Lipinski definition) is 4. The van der Waals surface area contributed by atoms with Gasteiger partial charge in [-0.15, -0.1) is 0 Å². The van der Waals surface area contributed by atoms with Crippen LogP contribution in [-0.4, -0.2) is 15.2 Å². The van der Waals surface area contributed by atoms with Crippen LogP contribution in [0.1, 0.15) is 18.5 Å². The zero-order valence-corrected chi connectivity index (χ0v) is 10.8. The van der Waals surface area contributed by atoms with Gasteiger partial charge in [0.2, 0.25) is 0 Å². The third-order valence-corrected chi connectivity index (χ3v) is 3.68. The van der Waals surface area contributed by atoms with Gasteiger partial charge >= 0.3 is 0 Å². The highest BCUT2D eigenvalue weighted by molar-refractivity contribution is 7.99. The van der Waals surface area contributed by atoms with Crippen LogP contribution in [0, 0.1) is 5.82 Å². The monoisotopic (exact) mass is 263 g/mol. The molecular formula is C13H14FN3S. The fourth-order valence-corrected chi connectivity index (χ4v) is 2.42. The lowest BCUT2D eigenvalue weighted by Crippen LogP contribution is -2.21. The van der Waals surface area contributed by atoms with Gasteiger partial charge in [0.1, 0.15) is 5.82 Å². The fraction of sp³-hybridized carbons (Fsp3) is 0.231. The molecule has 1 aromatic carbocycles. The summed E-state index contributed by atoms with van der Waals surface area (Å²) in [5.74, 6) is -0.252. The maximum atomic E-state index is 12.8. The molecule has 0 bridgehead atoms. The van der Waals surface area contributed by atoms with Crippen LogP contribution in [0.3, 0.4) is 0 Å². The topological polar surface area (TPSA) is 51.8 Å². The molecule has 0 radical (unpaired) electrons. The molecule has 0 aliphatic heterocycles. The number of thioether (sulfide) groups is 1. The lowest BCUT2D eigenvalue weighted by atomic mass is 10.1.